The number of aromatic nitrogens is 1. The number of carboxylic acid groups (broad SMARTS) is 1. The lowest BCUT2D eigenvalue weighted by molar-refractivity contribution is -0.136. The topological polar surface area (TPSA) is 50.2 Å². The van der Waals surface area contributed by atoms with Gasteiger partial charge in [0, 0.05) is 17.0 Å². The van der Waals surface area contributed by atoms with Crippen molar-refractivity contribution in [2.75, 3.05) is 0 Å². The van der Waals surface area contributed by atoms with E-state index in [1.54, 1.807) is 0 Å². The molecule has 1 aromatic carbocycles. The van der Waals surface area contributed by atoms with Crippen molar-refractivity contribution in [1.82, 2.24) is 4.98 Å². The fourth-order valence-electron chi connectivity index (χ4n) is 3.61. The third-order valence-corrected chi connectivity index (χ3v) is 4.74. The van der Waals surface area contributed by atoms with Gasteiger partial charge < -0.3 is 5.11 Å². The Balaban J connectivity index is 2.15. The fourth-order valence-corrected chi connectivity index (χ4v) is 3.61. The first-order valence-corrected chi connectivity index (χ1v) is 8.32. The molecule has 3 rings (SSSR count). The molecule has 3 heteroatoms. The largest absolute Gasteiger partial charge is 0.481 e. The molecule has 3 nitrogen and oxygen atoms in total. The van der Waals surface area contributed by atoms with E-state index in [0.29, 0.717) is 5.92 Å². The van der Waals surface area contributed by atoms with Gasteiger partial charge in [0.05, 0.1) is 12.1 Å². The van der Waals surface area contributed by atoms with Gasteiger partial charge in [0.15, 0.2) is 0 Å². The Morgan fingerprint density at radius 2 is 2.00 bits per heavy atom. The molecule has 116 valence electrons. The van der Waals surface area contributed by atoms with E-state index in [1.165, 1.54) is 37.8 Å². The van der Waals surface area contributed by atoms with Crippen LogP contribution >= 0.6 is 0 Å². The molecule has 0 spiro atoms. The van der Waals surface area contributed by atoms with Crippen molar-refractivity contribution in [3.8, 4) is 0 Å². The third-order valence-electron chi connectivity index (χ3n) is 4.74. The van der Waals surface area contributed by atoms with Crippen molar-refractivity contribution < 1.29 is 9.90 Å². The normalized spacial score (nSPS) is 16.0. The number of hydrogen-bond acceptors (Lipinski definition) is 2. The number of hydrogen-bond donors (Lipinski definition) is 1. The zero-order chi connectivity index (χ0) is 15.5. The lowest BCUT2D eigenvalue weighted by Crippen LogP contribution is -2.09. The molecule has 1 aliphatic rings. The summed E-state index contributed by atoms with van der Waals surface area (Å²) in [6.07, 6.45) is 7.26. The molecule has 0 unspecified atom stereocenters. The molecule has 0 amide bonds. The SMILES string of the molecule is CCc1cc2c(CC(=O)O)cccc2c(C2CCCCC2)n1. The van der Waals surface area contributed by atoms with Gasteiger partial charge in [-0.2, -0.15) is 0 Å². The van der Waals surface area contributed by atoms with Gasteiger partial charge >= 0.3 is 5.97 Å². The van der Waals surface area contributed by atoms with Crippen LogP contribution in [0, 0.1) is 0 Å². The fraction of sp³-hybridized carbons (Fsp3) is 0.474. The highest BCUT2D eigenvalue weighted by Crippen LogP contribution is 2.36. The van der Waals surface area contributed by atoms with Gasteiger partial charge in [-0.25, -0.2) is 0 Å². The Hall–Kier alpha value is -1.90. The second-order valence-corrected chi connectivity index (χ2v) is 6.27. The maximum absolute atomic E-state index is 11.1. The van der Waals surface area contributed by atoms with Crippen molar-refractivity contribution in [2.24, 2.45) is 0 Å². The van der Waals surface area contributed by atoms with Gasteiger partial charge in [0.2, 0.25) is 0 Å². The van der Waals surface area contributed by atoms with Crippen molar-refractivity contribution >= 4 is 16.7 Å². The zero-order valence-corrected chi connectivity index (χ0v) is 13.1. The van der Waals surface area contributed by atoms with Gasteiger partial charge in [-0.1, -0.05) is 44.4 Å². The number of nitrogens with zero attached hydrogens (tertiary/aromatic N) is 1. The molecule has 2 aromatic rings. The number of aryl methyl sites for hydroxylation is 1. The first-order valence-electron chi connectivity index (χ1n) is 8.32. The van der Waals surface area contributed by atoms with Crippen LogP contribution in [0.5, 0.6) is 0 Å². The van der Waals surface area contributed by atoms with Crippen LogP contribution in [0.2, 0.25) is 0 Å². The average Bonchev–Trinajstić information content (AvgIpc) is 2.54. The van der Waals surface area contributed by atoms with Gasteiger partial charge in [-0.15, -0.1) is 0 Å². The van der Waals surface area contributed by atoms with E-state index >= 15 is 0 Å². The summed E-state index contributed by atoms with van der Waals surface area (Å²) in [7, 11) is 0. The van der Waals surface area contributed by atoms with Crippen molar-refractivity contribution in [3.05, 3.63) is 41.2 Å². The predicted molar refractivity (Wildman–Crippen MR) is 88.3 cm³/mol. The molecule has 0 radical (unpaired) electrons. The number of carbonyl (C=O) groups is 1. The number of pyridine rings is 1. The highest BCUT2D eigenvalue weighted by Gasteiger charge is 2.20. The average molecular weight is 297 g/mol. The van der Waals surface area contributed by atoms with E-state index in [2.05, 4.69) is 19.1 Å². The van der Waals surface area contributed by atoms with Crippen LogP contribution in [-0.4, -0.2) is 16.1 Å². The molecule has 1 aromatic heterocycles. The van der Waals surface area contributed by atoms with Crippen LogP contribution in [0.1, 0.15) is 61.9 Å². The molecule has 0 bridgehead atoms. The highest BCUT2D eigenvalue weighted by atomic mass is 16.4. The van der Waals surface area contributed by atoms with E-state index in [9.17, 15) is 4.79 Å². The van der Waals surface area contributed by atoms with Gasteiger partial charge in [-0.3, -0.25) is 9.78 Å². The van der Waals surface area contributed by atoms with Crippen LogP contribution in [0.4, 0.5) is 0 Å². The monoisotopic (exact) mass is 297 g/mol. The van der Waals surface area contributed by atoms with E-state index in [-0.39, 0.29) is 6.42 Å². The molecule has 1 heterocycles. The first-order chi connectivity index (χ1) is 10.7. The first kappa shape index (κ1) is 15.0. The molecule has 1 aliphatic carbocycles. The number of carboxylic acids is 1. The predicted octanol–water partition coefficient (Wildman–Crippen LogP) is 4.47. The molecule has 22 heavy (non-hydrogen) atoms. The zero-order valence-electron chi connectivity index (χ0n) is 13.1. The minimum absolute atomic E-state index is 0.0780. The second-order valence-electron chi connectivity index (χ2n) is 6.27. The number of fused-ring (bicyclic) bond motifs is 1. The summed E-state index contributed by atoms with van der Waals surface area (Å²) in [6, 6.07) is 8.10. The Morgan fingerprint density at radius 3 is 2.68 bits per heavy atom. The standard InChI is InChI=1S/C19H23NO2/c1-2-15-12-17-14(11-18(21)22)9-6-10-16(17)19(20-15)13-7-4-3-5-8-13/h6,9-10,12-13H,2-5,7-8,11H2,1H3,(H,21,22). The van der Waals surface area contributed by atoms with Gasteiger partial charge in [-0.05, 0) is 36.3 Å². The minimum Gasteiger partial charge on any atom is -0.481 e. The molecular weight excluding hydrogens is 274 g/mol. The van der Waals surface area contributed by atoms with E-state index in [4.69, 9.17) is 10.1 Å². The summed E-state index contributed by atoms with van der Waals surface area (Å²) in [5.41, 5.74) is 3.17. The minimum atomic E-state index is -0.776. The van der Waals surface area contributed by atoms with Crippen molar-refractivity contribution in [3.63, 3.8) is 0 Å². The number of aliphatic carboxylic acids is 1. The Morgan fingerprint density at radius 1 is 1.23 bits per heavy atom. The maximum atomic E-state index is 11.1. The Kier molecular flexibility index (Phi) is 4.41. The van der Waals surface area contributed by atoms with Gasteiger partial charge in [0.25, 0.3) is 0 Å². The molecule has 0 saturated heterocycles. The van der Waals surface area contributed by atoms with Crippen molar-refractivity contribution in [2.45, 2.75) is 57.8 Å². The summed E-state index contributed by atoms with van der Waals surface area (Å²) in [5.74, 6) is -0.246. The van der Waals surface area contributed by atoms with E-state index in [0.717, 1.165) is 28.5 Å². The van der Waals surface area contributed by atoms with Crippen LogP contribution in [0.3, 0.4) is 0 Å². The lowest BCUT2D eigenvalue weighted by atomic mass is 9.84. The summed E-state index contributed by atoms with van der Waals surface area (Å²) < 4.78 is 0. The van der Waals surface area contributed by atoms with Crippen LogP contribution in [0.15, 0.2) is 24.3 Å². The summed E-state index contributed by atoms with van der Waals surface area (Å²) in [6.45, 7) is 2.11. The number of rotatable bonds is 4. The molecule has 0 aliphatic heterocycles. The lowest BCUT2D eigenvalue weighted by Gasteiger charge is -2.23. The molecular formula is C19H23NO2. The van der Waals surface area contributed by atoms with E-state index < -0.39 is 5.97 Å². The Labute approximate surface area is 131 Å². The number of benzene rings is 1. The van der Waals surface area contributed by atoms with Crippen LogP contribution < -0.4 is 0 Å². The van der Waals surface area contributed by atoms with Crippen LogP contribution in [0.25, 0.3) is 10.8 Å². The Bertz CT molecular complexity index is 687. The summed E-state index contributed by atoms with van der Waals surface area (Å²) in [5, 5.41) is 11.4. The summed E-state index contributed by atoms with van der Waals surface area (Å²) in [4.78, 5) is 16.1. The highest BCUT2D eigenvalue weighted by molar-refractivity contribution is 5.90. The smallest absolute Gasteiger partial charge is 0.307 e. The quantitative estimate of drug-likeness (QED) is 0.905. The third kappa shape index (κ3) is 2.99. The van der Waals surface area contributed by atoms with Gasteiger partial charge in [0.1, 0.15) is 0 Å². The van der Waals surface area contributed by atoms with E-state index in [1.807, 2.05) is 12.1 Å². The van der Waals surface area contributed by atoms with Crippen molar-refractivity contribution in [1.29, 1.82) is 0 Å². The maximum Gasteiger partial charge on any atom is 0.307 e. The van der Waals surface area contributed by atoms with Crippen LogP contribution in [-0.2, 0) is 17.6 Å². The molecule has 1 N–H and O–H groups in total. The molecule has 0 atom stereocenters. The summed E-state index contributed by atoms with van der Waals surface area (Å²) >= 11 is 0. The molecule has 1 fully saturated rings. The second kappa shape index (κ2) is 6.47. The molecule has 1 saturated carbocycles.